The lowest BCUT2D eigenvalue weighted by Gasteiger charge is -2.18. The number of nitrogens with one attached hydrogen (secondary N) is 1. The van der Waals surface area contributed by atoms with Crippen molar-refractivity contribution in [3.05, 3.63) is 11.9 Å². The third kappa shape index (κ3) is 2.43. The Balaban J connectivity index is 2.32. The third-order valence-corrected chi connectivity index (χ3v) is 2.27. The normalized spacial score (nSPS) is 16.7. The van der Waals surface area contributed by atoms with Gasteiger partial charge in [0.25, 0.3) is 0 Å². The van der Waals surface area contributed by atoms with E-state index in [0.717, 1.165) is 6.67 Å². The summed E-state index contributed by atoms with van der Waals surface area (Å²) in [6, 6.07) is 0.622. The first-order valence-electron chi connectivity index (χ1n) is 4.94. The van der Waals surface area contributed by atoms with Gasteiger partial charge in [0.1, 0.15) is 0 Å². The molecule has 0 radical (unpaired) electrons. The van der Waals surface area contributed by atoms with E-state index in [-0.39, 0.29) is 0 Å². The molecule has 12 heavy (non-hydrogen) atoms. The van der Waals surface area contributed by atoms with Gasteiger partial charge in [0.2, 0.25) is 0 Å². The first-order chi connectivity index (χ1) is 5.74. The maximum absolute atomic E-state index is 3.41. The highest BCUT2D eigenvalue weighted by atomic mass is 15.3. The second-order valence-electron chi connectivity index (χ2n) is 3.70. The van der Waals surface area contributed by atoms with Crippen LogP contribution in [0.25, 0.3) is 0 Å². The molecule has 1 aliphatic heterocycles. The first kappa shape index (κ1) is 9.43. The van der Waals surface area contributed by atoms with Crippen LogP contribution >= 0.6 is 0 Å². The van der Waals surface area contributed by atoms with E-state index >= 15 is 0 Å². The molecular weight excluding hydrogens is 148 g/mol. The molecule has 0 saturated heterocycles. The molecule has 1 rings (SSSR count). The molecule has 0 spiro atoms. The number of nitrogens with zero attached hydrogens (tertiary/aromatic N) is 1. The lowest BCUT2D eigenvalue weighted by atomic mass is 10.2. The van der Waals surface area contributed by atoms with Crippen molar-refractivity contribution < 1.29 is 0 Å². The fourth-order valence-electron chi connectivity index (χ4n) is 1.34. The van der Waals surface area contributed by atoms with E-state index in [1.165, 1.54) is 25.0 Å². The smallest absolute Gasteiger partial charge is 0.0872 e. The van der Waals surface area contributed by atoms with Crippen molar-refractivity contribution in [2.45, 2.75) is 46.1 Å². The van der Waals surface area contributed by atoms with Crippen molar-refractivity contribution in [2.24, 2.45) is 0 Å². The SMILES string of the molecule is CCCCC1=CN(C(C)C)CN1. The quantitative estimate of drug-likeness (QED) is 0.693. The average Bonchev–Trinajstić information content (AvgIpc) is 2.48. The van der Waals surface area contributed by atoms with Gasteiger partial charge >= 0.3 is 0 Å². The van der Waals surface area contributed by atoms with Gasteiger partial charge in [-0.2, -0.15) is 0 Å². The minimum absolute atomic E-state index is 0.622. The van der Waals surface area contributed by atoms with Crippen LogP contribution in [0.3, 0.4) is 0 Å². The van der Waals surface area contributed by atoms with Crippen LogP contribution < -0.4 is 5.32 Å². The summed E-state index contributed by atoms with van der Waals surface area (Å²) in [5.41, 5.74) is 1.41. The number of hydrogen-bond donors (Lipinski definition) is 1. The molecule has 0 unspecified atom stereocenters. The Hall–Kier alpha value is -0.660. The van der Waals surface area contributed by atoms with E-state index in [1.807, 2.05) is 0 Å². The molecule has 0 amide bonds. The van der Waals surface area contributed by atoms with Crippen LogP contribution in [0.5, 0.6) is 0 Å². The maximum atomic E-state index is 3.41. The van der Waals surface area contributed by atoms with Crippen LogP contribution in [-0.2, 0) is 0 Å². The molecule has 0 aromatic carbocycles. The Morgan fingerprint density at radius 3 is 2.83 bits per heavy atom. The highest BCUT2D eigenvalue weighted by molar-refractivity contribution is 5.04. The predicted molar refractivity (Wildman–Crippen MR) is 52.6 cm³/mol. The van der Waals surface area contributed by atoms with Crippen LogP contribution in [0, 0.1) is 0 Å². The van der Waals surface area contributed by atoms with Gasteiger partial charge in [-0.15, -0.1) is 0 Å². The molecule has 1 aliphatic rings. The number of hydrogen-bond acceptors (Lipinski definition) is 2. The van der Waals surface area contributed by atoms with Crippen LogP contribution in [0.2, 0.25) is 0 Å². The zero-order chi connectivity index (χ0) is 8.97. The number of rotatable bonds is 4. The summed E-state index contributed by atoms with van der Waals surface area (Å²) in [5, 5.41) is 3.41. The van der Waals surface area contributed by atoms with Crippen molar-refractivity contribution in [1.29, 1.82) is 0 Å². The third-order valence-electron chi connectivity index (χ3n) is 2.27. The van der Waals surface area contributed by atoms with Crippen molar-refractivity contribution in [3.63, 3.8) is 0 Å². The number of allylic oxidation sites excluding steroid dienone is 1. The topological polar surface area (TPSA) is 15.3 Å². The summed E-state index contributed by atoms with van der Waals surface area (Å²) in [4.78, 5) is 2.34. The van der Waals surface area contributed by atoms with Crippen LogP contribution in [0.15, 0.2) is 11.9 Å². The van der Waals surface area contributed by atoms with E-state index < -0.39 is 0 Å². The van der Waals surface area contributed by atoms with Gasteiger partial charge < -0.3 is 10.2 Å². The molecule has 0 fully saturated rings. The van der Waals surface area contributed by atoms with Crippen molar-refractivity contribution >= 4 is 0 Å². The zero-order valence-electron chi connectivity index (χ0n) is 8.43. The summed E-state index contributed by atoms with van der Waals surface area (Å²) in [6.45, 7) is 7.67. The van der Waals surface area contributed by atoms with E-state index in [2.05, 4.69) is 37.2 Å². The van der Waals surface area contributed by atoms with E-state index in [0.29, 0.717) is 6.04 Å². The average molecular weight is 168 g/mol. The molecule has 0 saturated carbocycles. The van der Waals surface area contributed by atoms with Crippen LogP contribution in [0.1, 0.15) is 40.0 Å². The van der Waals surface area contributed by atoms with Crippen LogP contribution in [0.4, 0.5) is 0 Å². The summed E-state index contributed by atoms with van der Waals surface area (Å²) in [7, 11) is 0. The highest BCUT2D eigenvalue weighted by Crippen LogP contribution is 2.12. The lowest BCUT2D eigenvalue weighted by molar-refractivity contribution is 0.324. The van der Waals surface area contributed by atoms with Crippen molar-refractivity contribution in [3.8, 4) is 0 Å². The Kier molecular flexibility index (Phi) is 3.45. The Labute approximate surface area is 75.6 Å². The van der Waals surface area contributed by atoms with Crippen LogP contribution in [-0.4, -0.2) is 17.6 Å². The monoisotopic (exact) mass is 168 g/mol. The molecule has 2 heteroatoms. The molecule has 0 aromatic rings. The molecule has 70 valence electrons. The van der Waals surface area contributed by atoms with Crippen molar-refractivity contribution in [1.82, 2.24) is 10.2 Å². The summed E-state index contributed by atoms with van der Waals surface area (Å²) in [5.74, 6) is 0. The molecule has 0 aliphatic carbocycles. The molecule has 2 nitrogen and oxygen atoms in total. The molecule has 0 atom stereocenters. The summed E-state index contributed by atoms with van der Waals surface area (Å²) >= 11 is 0. The molecular formula is C10H20N2. The van der Waals surface area contributed by atoms with E-state index in [4.69, 9.17) is 0 Å². The lowest BCUT2D eigenvalue weighted by Crippen LogP contribution is -2.27. The summed E-state index contributed by atoms with van der Waals surface area (Å²) in [6.07, 6.45) is 6.05. The zero-order valence-corrected chi connectivity index (χ0v) is 8.43. The standard InChI is InChI=1S/C10H20N2/c1-4-5-6-10-7-12(8-11-10)9(2)3/h7,9,11H,4-6,8H2,1-3H3. The minimum atomic E-state index is 0.622. The predicted octanol–water partition coefficient (Wildman–Crippen LogP) is 2.29. The van der Waals surface area contributed by atoms with Crippen molar-refractivity contribution in [2.75, 3.05) is 6.67 Å². The molecule has 1 N–H and O–H groups in total. The fourth-order valence-corrected chi connectivity index (χ4v) is 1.34. The number of unbranched alkanes of at least 4 members (excludes halogenated alkanes) is 1. The first-order valence-corrected chi connectivity index (χ1v) is 4.94. The second kappa shape index (κ2) is 4.39. The van der Waals surface area contributed by atoms with E-state index in [9.17, 15) is 0 Å². The van der Waals surface area contributed by atoms with Gasteiger partial charge in [-0.05, 0) is 26.7 Å². The Morgan fingerprint density at radius 2 is 2.33 bits per heavy atom. The van der Waals surface area contributed by atoms with Gasteiger partial charge in [0.15, 0.2) is 0 Å². The van der Waals surface area contributed by atoms with Gasteiger partial charge in [0, 0.05) is 17.9 Å². The molecule has 0 aromatic heterocycles. The Morgan fingerprint density at radius 1 is 1.58 bits per heavy atom. The molecule has 1 heterocycles. The highest BCUT2D eigenvalue weighted by Gasteiger charge is 2.12. The van der Waals surface area contributed by atoms with Gasteiger partial charge in [-0.3, -0.25) is 0 Å². The van der Waals surface area contributed by atoms with Gasteiger partial charge in [-0.25, -0.2) is 0 Å². The molecule has 0 bridgehead atoms. The second-order valence-corrected chi connectivity index (χ2v) is 3.70. The van der Waals surface area contributed by atoms with Gasteiger partial charge in [0.05, 0.1) is 6.67 Å². The maximum Gasteiger partial charge on any atom is 0.0872 e. The largest absolute Gasteiger partial charge is 0.370 e. The fraction of sp³-hybridized carbons (Fsp3) is 0.800. The Bertz CT molecular complexity index is 161. The van der Waals surface area contributed by atoms with Gasteiger partial charge in [-0.1, -0.05) is 13.3 Å². The van der Waals surface area contributed by atoms with E-state index in [1.54, 1.807) is 0 Å². The minimum Gasteiger partial charge on any atom is -0.370 e. The summed E-state index contributed by atoms with van der Waals surface area (Å²) < 4.78 is 0.